The van der Waals surface area contributed by atoms with Crippen molar-refractivity contribution in [3.63, 3.8) is 0 Å². The number of hydrogen-bond donors (Lipinski definition) is 0. The van der Waals surface area contributed by atoms with E-state index in [2.05, 4.69) is 173 Å². The summed E-state index contributed by atoms with van der Waals surface area (Å²) in [6.45, 7) is 9.26. The summed E-state index contributed by atoms with van der Waals surface area (Å²) in [5, 5.41) is 10.9. The maximum Gasteiger partial charge on any atom is -1.00 e. The maximum absolute atomic E-state index is 2.46. The molecule has 0 unspecified atom stereocenters. The second kappa shape index (κ2) is 19.4. The van der Waals surface area contributed by atoms with E-state index in [1.807, 2.05) is 0 Å². The largest absolute Gasteiger partial charge is 1.00 e. The van der Waals surface area contributed by atoms with Gasteiger partial charge in [0.25, 0.3) is 0 Å². The Kier molecular flexibility index (Phi) is 14.8. The zero-order valence-corrected chi connectivity index (χ0v) is 39.7. The molecule has 0 heterocycles. The molecule has 8 aromatic rings. The Hall–Kier alpha value is -3.26. The Morgan fingerprint density at radius 3 is 1.17 bits per heavy atom. The van der Waals surface area contributed by atoms with Crippen LogP contribution in [0.4, 0.5) is 0 Å². The molecule has 0 saturated heterocycles. The average molecular weight is 895 g/mol. The van der Waals surface area contributed by atoms with E-state index in [-0.39, 0.29) is 30.2 Å². The predicted molar refractivity (Wildman–Crippen MR) is 243 cm³/mol. The van der Waals surface area contributed by atoms with E-state index in [0.29, 0.717) is 10.8 Å². The van der Waals surface area contributed by atoms with Gasteiger partial charge in [0.2, 0.25) is 0 Å². The molecule has 2 aliphatic carbocycles. The third-order valence-electron chi connectivity index (χ3n) is 12.4. The minimum Gasteiger partial charge on any atom is -1.00 e. The van der Waals surface area contributed by atoms with Gasteiger partial charge in [-0.05, 0) is 94.9 Å². The van der Waals surface area contributed by atoms with Crippen LogP contribution in [-0.4, -0.2) is 5.43 Å². The van der Waals surface area contributed by atoms with Gasteiger partial charge in [0.05, 0.1) is 0 Å². The van der Waals surface area contributed by atoms with Gasteiger partial charge in [-0.1, -0.05) is 135 Å². The Labute approximate surface area is 374 Å². The first-order valence-electron chi connectivity index (χ1n) is 21.1. The normalized spacial score (nSPS) is 14.4. The molecule has 0 nitrogen and oxygen atoms in total. The van der Waals surface area contributed by atoms with Crippen molar-refractivity contribution in [2.75, 3.05) is 0 Å². The Morgan fingerprint density at radius 2 is 0.810 bits per heavy atom. The fraction of sp³-hybridized carbons (Fsp3) is 0.296. The maximum atomic E-state index is 2.46. The van der Waals surface area contributed by atoms with Gasteiger partial charge >= 0.3 is 41.9 Å². The minimum absolute atomic E-state index is 0. The Balaban J connectivity index is 0.000000174. The fourth-order valence-electron chi connectivity index (χ4n) is 9.50. The summed E-state index contributed by atoms with van der Waals surface area (Å²) >= 11 is 1.74. The fourth-order valence-corrected chi connectivity index (χ4v) is 9.50. The van der Waals surface area contributed by atoms with E-state index in [4.69, 9.17) is 0 Å². The van der Waals surface area contributed by atoms with Crippen molar-refractivity contribution in [2.24, 2.45) is 10.8 Å². The van der Waals surface area contributed by atoms with Gasteiger partial charge in [-0.25, -0.2) is 0 Å². The second-order valence-electron chi connectivity index (χ2n) is 17.3. The molecule has 0 atom stereocenters. The number of rotatable bonds is 10. The standard InChI is InChI=1S/2C26H25.C2H6Si.2ClH.Zr/c2*1-2-13-26(14-15-26)18-19-16-21-9-6-12-24(25(21)17-19)23-11-5-8-20-7-3-4-10-22(20)23;1-3-2;;;/h2*3-12,16-17H,2,13-15,18H2,1H3;1-2H3;2*1H;/q2*-1;;;;+2/p-2. The van der Waals surface area contributed by atoms with Gasteiger partial charge in [-0.2, -0.15) is 12.1 Å². The quantitative estimate of drug-likeness (QED) is 0.0949. The Morgan fingerprint density at radius 1 is 0.483 bits per heavy atom. The molecule has 2 fully saturated rings. The van der Waals surface area contributed by atoms with Crippen LogP contribution >= 0.6 is 0 Å². The summed E-state index contributed by atoms with van der Waals surface area (Å²) < 4.78 is 0. The van der Waals surface area contributed by atoms with Crippen LogP contribution in [0.2, 0.25) is 13.1 Å². The summed E-state index contributed by atoms with van der Waals surface area (Å²) in [4.78, 5) is 0. The molecule has 58 heavy (non-hydrogen) atoms. The molecule has 10 rings (SSSR count). The van der Waals surface area contributed by atoms with E-state index in [1.165, 1.54) is 141 Å². The summed E-state index contributed by atoms with van der Waals surface area (Å²) in [5.74, 6) is 0. The Bertz CT molecular complexity index is 2440. The van der Waals surface area contributed by atoms with Gasteiger partial charge in [-0.15, -0.1) is 69.1 Å². The number of benzene rings is 6. The van der Waals surface area contributed by atoms with Crippen molar-refractivity contribution in [3.8, 4) is 22.3 Å². The molecule has 0 radical (unpaired) electrons. The molecule has 0 spiro atoms. The monoisotopic (exact) mass is 892 g/mol. The van der Waals surface area contributed by atoms with Crippen LogP contribution in [0.15, 0.2) is 146 Å². The summed E-state index contributed by atoms with van der Waals surface area (Å²) in [6.07, 6.45) is 13.5. The van der Waals surface area contributed by atoms with Gasteiger partial charge in [0, 0.05) is 0 Å². The third-order valence-corrected chi connectivity index (χ3v) is 12.4. The van der Waals surface area contributed by atoms with Crippen LogP contribution in [0.1, 0.15) is 76.3 Å². The molecule has 2 aliphatic rings. The van der Waals surface area contributed by atoms with Gasteiger partial charge < -0.3 is 24.8 Å². The van der Waals surface area contributed by atoms with Crippen LogP contribution < -0.4 is 24.8 Å². The molecule has 0 N–H and O–H groups in total. The minimum atomic E-state index is 0. The third kappa shape index (κ3) is 10.0. The average Bonchev–Trinajstić information content (AvgIpc) is 4.04. The first-order valence-corrected chi connectivity index (χ1v) is 27.3. The molecule has 0 aliphatic heterocycles. The SMILES string of the molecule is CCCC1(Cc2cc3c(-c4cccc5ccccc45)cccc3[cH-]2)CC1.CCCC1(Cc2cc3c(-c4cccc5ccccc45)cccc3[cH-]2)CC1.C[Si](C)=[Zr+2].[Cl-].[Cl-]. The molecule has 8 aromatic carbocycles. The molecular formula is C54H56Cl2SiZr-2. The van der Waals surface area contributed by atoms with Gasteiger partial charge in [-0.3, -0.25) is 0 Å². The van der Waals surface area contributed by atoms with Crippen molar-refractivity contribution >= 4 is 48.5 Å². The van der Waals surface area contributed by atoms with Crippen LogP contribution in [0.3, 0.4) is 0 Å². The van der Waals surface area contributed by atoms with Gasteiger partial charge in [0.15, 0.2) is 0 Å². The number of hydrogen-bond acceptors (Lipinski definition) is 0. The predicted octanol–water partition coefficient (Wildman–Crippen LogP) is 9.80. The van der Waals surface area contributed by atoms with Crippen molar-refractivity contribution in [1.82, 2.24) is 0 Å². The van der Waals surface area contributed by atoms with Crippen molar-refractivity contribution in [1.29, 1.82) is 0 Å². The zero-order chi connectivity index (χ0) is 38.7. The molecule has 0 bridgehead atoms. The summed E-state index contributed by atoms with van der Waals surface area (Å²) in [7, 11) is 0. The van der Waals surface area contributed by atoms with E-state index < -0.39 is 0 Å². The topological polar surface area (TPSA) is 0 Å². The van der Waals surface area contributed by atoms with Crippen molar-refractivity contribution < 1.29 is 48.1 Å². The second-order valence-corrected chi connectivity index (χ2v) is 26.6. The van der Waals surface area contributed by atoms with E-state index >= 15 is 0 Å². The van der Waals surface area contributed by atoms with Crippen LogP contribution in [-0.2, 0) is 36.2 Å². The van der Waals surface area contributed by atoms with Crippen LogP contribution in [0, 0.1) is 10.8 Å². The van der Waals surface area contributed by atoms with Crippen molar-refractivity contribution in [3.05, 3.63) is 157 Å². The van der Waals surface area contributed by atoms with E-state index in [1.54, 1.807) is 23.3 Å². The van der Waals surface area contributed by atoms with Gasteiger partial charge in [0.1, 0.15) is 0 Å². The first-order chi connectivity index (χ1) is 27.3. The number of halogens is 2. The van der Waals surface area contributed by atoms with E-state index in [0.717, 1.165) is 0 Å². The molecule has 296 valence electrons. The smallest absolute Gasteiger partial charge is 1.00 e. The molecule has 4 heteroatoms. The zero-order valence-electron chi connectivity index (χ0n) is 34.7. The first kappa shape index (κ1) is 44.3. The number of fused-ring (bicyclic) bond motifs is 4. The van der Waals surface area contributed by atoms with Crippen LogP contribution in [0.5, 0.6) is 0 Å². The molecule has 0 aromatic heterocycles. The van der Waals surface area contributed by atoms with E-state index in [9.17, 15) is 0 Å². The summed E-state index contributed by atoms with van der Waals surface area (Å²) in [5.41, 5.74) is 9.91. The summed E-state index contributed by atoms with van der Waals surface area (Å²) in [6, 6.07) is 54.0. The molecule has 0 amide bonds. The van der Waals surface area contributed by atoms with Crippen LogP contribution in [0.25, 0.3) is 65.3 Å². The van der Waals surface area contributed by atoms with Crippen molar-refractivity contribution in [2.45, 2.75) is 91.1 Å². The molecule has 2 saturated carbocycles. The molecular weight excluding hydrogens is 839 g/mol.